The Bertz CT molecular complexity index is 33.8. The molecule has 3 nitrogen and oxygen atoms in total. The Balaban J connectivity index is -0.0000000450. The van der Waals surface area contributed by atoms with Gasteiger partial charge in [0, 0.05) is 0 Å². The van der Waals surface area contributed by atoms with Crippen LogP contribution in [0, 0.1) is 0 Å². The normalized spacial score (nSPS) is 4.00. The zero-order chi connectivity index (χ0) is 3.58. The van der Waals surface area contributed by atoms with Crippen LogP contribution in [0.2, 0.25) is 0 Å². The van der Waals surface area contributed by atoms with Gasteiger partial charge in [-0.1, -0.05) is 0 Å². The van der Waals surface area contributed by atoms with Crippen LogP contribution in [0.3, 0.4) is 0 Å². The van der Waals surface area contributed by atoms with Crippen molar-refractivity contribution in [1.29, 1.82) is 0 Å². The van der Waals surface area contributed by atoms with E-state index in [0.29, 0.717) is 0 Å². The van der Waals surface area contributed by atoms with Crippen LogP contribution in [0.15, 0.2) is 0 Å². The van der Waals surface area contributed by atoms with Gasteiger partial charge in [0.25, 0.3) is 0 Å². The molecule has 0 aromatic heterocycles. The van der Waals surface area contributed by atoms with Gasteiger partial charge in [0.2, 0.25) is 0 Å². The molecule has 5 heteroatoms. The summed E-state index contributed by atoms with van der Waals surface area (Å²) in [7, 11) is 0. The third kappa shape index (κ3) is 66.8. The van der Waals surface area contributed by atoms with Gasteiger partial charge in [0.05, 0.1) is 0 Å². The summed E-state index contributed by atoms with van der Waals surface area (Å²) in [5, 5.41) is 16.7. The molecule has 0 N–H and O–H groups in total. The predicted molar refractivity (Wildman–Crippen MR) is 5.40 cm³/mol. The molecule has 0 heterocycles. The van der Waals surface area contributed by atoms with Gasteiger partial charge in [-0.15, -0.1) is 0 Å². The molecule has 0 fully saturated rings. The van der Waals surface area contributed by atoms with Crippen LogP contribution in [0.1, 0.15) is 0 Å². The molecule has 0 rings (SSSR count). The van der Waals surface area contributed by atoms with Crippen LogP contribution in [0.5, 0.6) is 0 Å². The van der Waals surface area contributed by atoms with Gasteiger partial charge in [-0.3, -0.25) is 0 Å². The summed E-state index contributed by atoms with van der Waals surface area (Å²) in [6.45, 7) is 0. The van der Waals surface area contributed by atoms with E-state index in [0.717, 1.165) is 0 Å². The number of carbonyl (C=O) groups is 1. The topological polar surface area (TPSA) is 63.2 Å². The van der Waals surface area contributed by atoms with E-state index in [4.69, 9.17) is 15.0 Å². The third-order valence-corrected chi connectivity index (χ3v) is 0. The minimum absolute atomic E-state index is 0. The van der Waals surface area contributed by atoms with Gasteiger partial charge < -0.3 is 15.0 Å². The molecular weight excluding hydrogens is 174 g/mol. The Labute approximate surface area is 76.2 Å². The SMILES string of the molecule is O=C([O-])[O-].[Na+].[Zr+4]. The first-order valence-electron chi connectivity index (χ1n) is 0.612. The molecule has 0 saturated heterocycles. The van der Waals surface area contributed by atoms with Crippen molar-refractivity contribution < 1.29 is 70.8 Å². The first-order chi connectivity index (χ1) is 1.73. The molecule has 0 unspecified atom stereocenters. The molecule has 0 aromatic carbocycles. The first kappa shape index (κ1) is 15.7. The van der Waals surface area contributed by atoms with Crippen LogP contribution in [-0.2, 0) is 26.2 Å². The maximum Gasteiger partial charge on any atom is 4.00 e. The molecule has 0 saturated carbocycles. The molecular formula is CNaO3Zr+3. The fourth-order valence-electron chi connectivity index (χ4n) is 0. The van der Waals surface area contributed by atoms with E-state index >= 15 is 0 Å². The second-order valence-electron chi connectivity index (χ2n) is 0.250. The molecule has 0 amide bonds. The molecule has 0 radical (unpaired) electrons. The van der Waals surface area contributed by atoms with Crippen molar-refractivity contribution in [3.8, 4) is 0 Å². The summed E-state index contributed by atoms with van der Waals surface area (Å²) in [5.74, 6) is 0. The Morgan fingerprint density at radius 2 is 1.33 bits per heavy atom. The standard InChI is InChI=1S/CH2O3.Na.Zr/c2-1(3)4;;/h(H2,2,3,4);;/q;+1;+4/p-2. The van der Waals surface area contributed by atoms with Crippen LogP contribution < -0.4 is 39.8 Å². The second kappa shape index (κ2) is 9.47. The van der Waals surface area contributed by atoms with Gasteiger partial charge in [0.15, 0.2) is 0 Å². The number of carbonyl (C=O) groups excluding carboxylic acids is 1. The summed E-state index contributed by atoms with van der Waals surface area (Å²) in [6, 6.07) is 0. The summed E-state index contributed by atoms with van der Waals surface area (Å²) in [6.07, 6.45) is -2.33. The van der Waals surface area contributed by atoms with Crippen molar-refractivity contribution in [2.75, 3.05) is 0 Å². The second-order valence-corrected chi connectivity index (χ2v) is 0.250. The minimum atomic E-state index is -2.33. The zero-order valence-corrected chi connectivity index (χ0v) is 7.68. The molecule has 0 spiro atoms. The number of carboxylic acid groups (broad SMARTS) is 2. The summed E-state index contributed by atoms with van der Waals surface area (Å²) in [4.78, 5) is 8.33. The summed E-state index contributed by atoms with van der Waals surface area (Å²) >= 11 is 0. The van der Waals surface area contributed by atoms with E-state index in [1.54, 1.807) is 0 Å². The average molecular weight is 174 g/mol. The van der Waals surface area contributed by atoms with Crippen molar-refractivity contribution in [2.45, 2.75) is 0 Å². The van der Waals surface area contributed by atoms with Crippen LogP contribution in [-0.4, -0.2) is 6.16 Å². The number of hydrogen-bond acceptors (Lipinski definition) is 3. The first-order valence-corrected chi connectivity index (χ1v) is 0.612. The minimum Gasteiger partial charge on any atom is -0.652 e. The van der Waals surface area contributed by atoms with Crippen LogP contribution in [0.4, 0.5) is 4.79 Å². The fourth-order valence-corrected chi connectivity index (χ4v) is 0. The smallest absolute Gasteiger partial charge is 0.652 e. The molecule has 0 aromatic rings. The van der Waals surface area contributed by atoms with Gasteiger partial charge in [0.1, 0.15) is 0 Å². The van der Waals surface area contributed by atoms with Gasteiger partial charge >= 0.3 is 55.8 Å². The Morgan fingerprint density at radius 1 is 1.33 bits per heavy atom. The van der Waals surface area contributed by atoms with E-state index < -0.39 is 6.16 Å². The number of rotatable bonds is 0. The summed E-state index contributed by atoms with van der Waals surface area (Å²) in [5.41, 5.74) is 0. The maximum atomic E-state index is 8.33. The largest absolute Gasteiger partial charge is 4.00 e. The van der Waals surface area contributed by atoms with Crippen LogP contribution >= 0.6 is 0 Å². The van der Waals surface area contributed by atoms with Crippen molar-refractivity contribution in [1.82, 2.24) is 0 Å². The molecule has 6 heavy (non-hydrogen) atoms. The van der Waals surface area contributed by atoms with E-state index in [2.05, 4.69) is 0 Å². The zero-order valence-electron chi connectivity index (χ0n) is 3.22. The average Bonchev–Trinajstić information content (AvgIpc) is 0.811. The van der Waals surface area contributed by atoms with Crippen molar-refractivity contribution >= 4 is 6.16 Å². The van der Waals surface area contributed by atoms with E-state index in [1.807, 2.05) is 0 Å². The monoisotopic (exact) mass is 173 g/mol. The molecule has 0 atom stereocenters. The molecule has 0 aliphatic rings. The number of hydrogen-bond donors (Lipinski definition) is 0. The van der Waals surface area contributed by atoms with E-state index in [1.165, 1.54) is 0 Å². The summed E-state index contributed by atoms with van der Waals surface area (Å²) < 4.78 is 0. The Morgan fingerprint density at radius 3 is 1.33 bits per heavy atom. The fraction of sp³-hybridized carbons (Fsp3) is 0. The molecule has 0 aliphatic carbocycles. The van der Waals surface area contributed by atoms with Crippen LogP contribution in [0.25, 0.3) is 0 Å². The van der Waals surface area contributed by atoms with Gasteiger partial charge in [-0.2, -0.15) is 0 Å². The quantitative estimate of drug-likeness (QED) is 0.344. The predicted octanol–water partition coefficient (Wildman–Crippen LogP) is -5.45. The Hall–Kier alpha value is 1.15. The van der Waals surface area contributed by atoms with Gasteiger partial charge in [-0.25, -0.2) is 0 Å². The molecule has 0 bridgehead atoms. The third-order valence-electron chi connectivity index (χ3n) is 0. The maximum absolute atomic E-state index is 8.33. The molecule has 0 aliphatic heterocycles. The molecule has 24 valence electrons. The Kier molecular flexibility index (Phi) is 24.8. The van der Waals surface area contributed by atoms with Gasteiger partial charge in [-0.05, 0) is 6.16 Å². The van der Waals surface area contributed by atoms with Crippen molar-refractivity contribution in [3.05, 3.63) is 0 Å². The van der Waals surface area contributed by atoms with Crippen molar-refractivity contribution in [2.24, 2.45) is 0 Å². The van der Waals surface area contributed by atoms with E-state index in [-0.39, 0.29) is 55.8 Å². The van der Waals surface area contributed by atoms with Crippen molar-refractivity contribution in [3.63, 3.8) is 0 Å². The van der Waals surface area contributed by atoms with E-state index in [9.17, 15) is 0 Å².